The number of amides is 1. The maximum absolute atomic E-state index is 12.5. The van der Waals surface area contributed by atoms with Crippen molar-refractivity contribution in [2.24, 2.45) is 5.92 Å². The Hall–Kier alpha value is -1.18. The Morgan fingerprint density at radius 1 is 1.42 bits per heavy atom. The summed E-state index contributed by atoms with van der Waals surface area (Å²) in [6, 6.07) is 0.509. The highest BCUT2D eigenvalue weighted by Crippen LogP contribution is 2.22. The van der Waals surface area contributed by atoms with Crippen LogP contribution in [-0.4, -0.2) is 61.2 Å². The van der Waals surface area contributed by atoms with Gasteiger partial charge in [-0.1, -0.05) is 0 Å². The van der Waals surface area contributed by atoms with Crippen molar-refractivity contribution in [1.29, 1.82) is 0 Å². The molecule has 0 aliphatic carbocycles. The number of hydrogen-bond donors (Lipinski definition) is 1. The van der Waals surface area contributed by atoms with E-state index in [4.69, 9.17) is 4.74 Å². The van der Waals surface area contributed by atoms with Gasteiger partial charge in [0.2, 0.25) is 5.91 Å². The zero-order chi connectivity index (χ0) is 16.9. The molecule has 7 heteroatoms. The number of likely N-dealkylation sites (tertiary alicyclic amines) is 1. The monoisotopic (exact) mass is 352 g/mol. The van der Waals surface area contributed by atoms with Gasteiger partial charge in [0.25, 0.3) is 0 Å². The molecule has 24 heavy (non-hydrogen) atoms. The summed E-state index contributed by atoms with van der Waals surface area (Å²) >= 11 is 1.65. The third-order valence-corrected chi connectivity index (χ3v) is 5.77. The molecule has 1 aromatic rings. The number of aromatic nitrogens is 1. The normalized spacial score (nSPS) is 22.8. The van der Waals surface area contributed by atoms with Crippen LogP contribution in [-0.2, 0) is 16.1 Å². The van der Waals surface area contributed by atoms with Crippen LogP contribution in [0.4, 0.5) is 5.13 Å². The number of nitrogens with zero attached hydrogens (tertiary/aromatic N) is 3. The van der Waals surface area contributed by atoms with Crippen molar-refractivity contribution >= 4 is 22.4 Å². The van der Waals surface area contributed by atoms with E-state index in [-0.39, 0.29) is 11.8 Å². The van der Waals surface area contributed by atoms with Crippen LogP contribution in [0, 0.1) is 5.92 Å². The molecule has 1 N–H and O–H groups in total. The zero-order valence-electron chi connectivity index (χ0n) is 14.7. The second-order valence-electron chi connectivity index (χ2n) is 6.87. The summed E-state index contributed by atoms with van der Waals surface area (Å²) in [7, 11) is 0. The number of thiazole rings is 1. The van der Waals surface area contributed by atoms with Gasteiger partial charge in [-0.05, 0) is 33.2 Å². The van der Waals surface area contributed by atoms with Gasteiger partial charge in [-0.2, -0.15) is 0 Å². The van der Waals surface area contributed by atoms with Crippen molar-refractivity contribution in [3.63, 3.8) is 0 Å². The summed E-state index contributed by atoms with van der Waals surface area (Å²) in [6.45, 7) is 10.2. The quantitative estimate of drug-likeness (QED) is 0.874. The summed E-state index contributed by atoms with van der Waals surface area (Å²) in [5.74, 6) is 0.278. The predicted molar refractivity (Wildman–Crippen MR) is 96.4 cm³/mol. The largest absolute Gasteiger partial charge is 0.378 e. The van der Waals surface area contributed by atoms with Crippen LogP contribution in [0.15, 0.2) is 5.38 Å². The van der Waals surface area contributed by atoms with E-state index < -0.39 is 0 Å². The minimum Gasteiger partial charge on any atom is -0.378 e. The molecule has 1 aromatic heterocycles. The Kier molecular flexibility index (Phi) is 6.08. The first kappa shape index (κ1) is 17.6. The Morgan fingerprint density at radius 2 is 2.21 bits per heavy atom. The van der Waals surface area contributed by atoms with Crippen LogP contribution in [0.3, 0.4) is 0 Å². The standard InChI is InChI=1S/C17H28N4O2S/c1-13(2)21-5-3-4-14(11-21)16(22)18-10-15-12-24-17(19-15)20-6-8-23-9-7-20/h12-14H,3-11H2,1-2H3,(H,18,22)/t14-/m1/s1. The zero-order valence-corrected chi connectivity index (χ0v) is 15.5. The summed E-state index contributed by atoms with van der Waals surface area (Å²) in [6.07, 6.45) is 2.10. The van der Waals surface area contributed by atoms with Gasteiger partial charge in [0.05, 0.1) is 31.4 Å². The number of anilines is 1. The van der Waals surface area contributed by atoms with Gasteiger partial charge in [-0.3, -0.25) is 4.79 Å². The molecule has 1 amide bonds. The van der Waals surface area contributed by atoms with E-state index in [1.807, 2.05) is 5.38 Å². The maximum atomic E-state index is 12.5. The van der Waals surface area contributed by atoms with Gasteiger partial charge < -0.3 is 19.9 Å². The summed E-state index contributed by atoms with van der Waals surface area (Å²) in [5, 5.41) is 6.16. The Balaban J connectivity index is 1.48. The first-order valence-corrected chi connectivity index (χ1v) is 9.80. The lowest BCUT2D eigenvalue weighted by Crippen LogP contribution is -2.45. The molecule has 0 radical (unpaired) electrons. The van der Waals surface area contributed by atoms with Crippen LogP contribution < -0.4 is 10.2 Å². The number of hydrogen-bond acceptors (Lipinski definition) is 6. The summed E-state index contributed by atoms with van der Waals surface area (Å²) in [5.41, 5.74) is 0.950. The van der Waals surface area contributed by atoms with Crippen LogP contribution in [0.25, 0.3) is 0 Å². The predicted octanol–water partition coefficient (Wildman–Crippen LogP) is 1.72. The highest BCUT2D eigenvalue weighted by molar-refractivity contribution is 7.13. The molecule has 1 atom stereocenters. The second kappa shape index (κ2) is 8.27. The van der Waals surface area contributed by atoms with Crippen molar-refractivity contribution in [3.05, 3.63) is 11.1 Å². The lowest BCUT2D eigenvalue weighted by molar-refractivity contribution is -0.127. The number of rotatable bonds is 5. The number of ether oxygens (including phenoxy) is 1. The number of piperidine rings is 1. The molecule has 6 nitrogen and oxygen atoms in total. The lowest BCUT2D eigenvalue weighted by Gasteiger charge is -2.34. The Bertz CT molecular complexity index is 542. The van der Waals surface area contributed by atoms with Crippen LogP contribution in [0.1, 0.15) is 32.4 Å². The van der Waals surface area contributed by atoms with E-state index in [1.165, 1.54) is 0 Å². The average molecular weight is 353 g/mol. The van der Waals surface area contributed by atoms with Crippen molar-refractivity contribution in [1.82, 2.24) is 15.2 Å². The number of carbonyl (C=O) groups is 1. The first-order chi connectivity index (χ1) is 11.6. The molecule has 2 saturated heterocycles. The topological polar surface area (TPSA) is 57.7 Å². The van der Waals surface area contributed by atoms with E-state index in [2.05, 4.69) is 33.9 Å². The molecule has 3 heterocycles. The van der Waals surface area contributed by atoms with E-state index in [1.54, 1.807) is 11.3 Å². The highest BCUT2D eigenvalue weighted by Gasteiger charge is 2.26. The van der Waals surface area contributed by atoms with Gasteiger partial charge in [0, 0.05) is 31.1 Å². The van der Waals surface area contributed by atoms with Crippen molar-refractivity contribution < 1.29 is 9.53 Å². The molecule has 0 bridgehead atoms. The van der Waals surface area contributed by atoms with Crippen LogP contribution in [0.5, 0.6) is 0 Å². The van der Waals surface area contributed by atoms with E-state index in [9.17, 15) is 4.79 Å². The maximum Gasteiger partial charge on any atom is 0.224 e. The van der Waals surface area contributed by atoms with E-state index in [0.29, 0.717) is 12.6 Å². The second-order valence-corrected chi connectivity index (χ2v) is 7.70. The first-order valence-electron chi connectivity index (χ1n) is 8.92. The van der Waals surface area contributed by atoms with Gasteiger partial charge in [0.15, 0.2) is 5.13 Å². The van der Waals surface area contributed by atoms with Gasteiger partial charge in [-0.15, -0.1) is 11.3 Å². The molecule has 0 spiro atoms. The smallest absolute Gasteiger partial charge is 0.224 e. The molecule has 134 valence electrons. The molecular weight excluding hydrogens is 324 g/mol. The molecule has 0 saturated carbocycles. The minimum absolute atomic E-state index is 0.110. The fraction of sp³-hybridized carbons (Fsp3) is 0.765. The van der Waals surface area contributed by atoms with Gasteiger partial charge in [-0.25, -0.2) is 4.98 Å². The lowest BCUT2D eigenvalue weighted by atomic mass is 9.96. The molecule has 3 rings (SSSR count). The number of nitrogens with one attached hydrogen (secondary N) is 1. The summed E-state index contributed by atoms with van der Waals surface area (Å²) < 4.78 is 5.37. The third kappa shape index (κ3) is 4.46. The molecule has 0 unspecified atom stereocenters. The van der Waals surface area contributed by atoms with Crippen molar-refractivity contribution in [2.45, 2.75) is 39.3 Å². The molecular formula is C17H28N4O2S. The Labute approximate surface area is 148 Å². The minimum atomic E-state index is 0.110. The third-order valence-electron chi connectivity index (χ3n) is 4.82. The summed E-state index contributed by atoms with van der Waals surface area (Å²) in [4.78, 5) is 21.8. The fourth-order valence-electron chi connectivity index (χ4n) is 3.29. The Morgan fingerprint density at radius 3 is 2.96 bits per heavy atom. The van der Waals surface area contributed by atoms with E-state index >= 15 is 0 Å². The fourth-order valence-corrected chi connectivity index (χ4v) is 4.17. The molecule has 2 aliphatic heterocycles. The van der Waals surface area contributed by atoms with Gasteiger partial charge >= 0.3 is 0 Å². The SMILES string of the molecule is CC(C)N1CCC[C@@H](C(=O)NCc2csc(N3CCOCC3)n2)C1. The molecule has 0 aromatic carbocycles. The average Bonchev–Trinajstić information content (AvgIpc) is 3.09. The number of carbonyl (C=O) groups excluding carboxylic acids is 1. The van der Waals surface area contributed by atoms with Crippen LogP contribution >= 0.6 is 11.3 Å². The van der Waals surface area contributed by atoms with Gasteiger partial charge in [0.1, 0.15) is 0 Å². The van der Waals surface area contributed by atoms with Crippen molar-refractivity contribution in [2.75, 3.05) is 44.3 Å². The van der Waals surface area contributed by atoms with Crippen molar-refractivity contribution in [3.8, 4) is 0 Å². The van der Waals surface area contributed by atoms with Crippen LogP contribution in [0.2, 0.25) is 0 Å². The molecule has 2 fully saturated rings. The molecule has 2 aliphatic rings. The number of morpholine rings is 1. The highest BCUT2D eigenvalue weighted by atomic mass is 32.1. The van der Waals surface area contributed by atoms with E-state index in [0.717, 1.165) is 63.1 Å².